The van der Waals surface area contributed by atoms with E-state index in [-0.39, 0.29) is 11.9 Å². The summed E-state index contributed by atoms with van der Waals surface area (Å²) in [4.78, 5) is 27.5. The first-order valence-electron chi connectivity index (χ1n) is 9.65. The summed E-state index contributed by atoms with van der Waals surface area (Å²) >= 11 is 0. The summed E-state index contributed by atoms with van der Waals surface area (Å²) in [5, 5.41) is 3.51. The molecule has 29 heavy (non-hydrogen) atoms. The highest BCUT2D eigenvalue weighted by molar-refractivity contribution is 5.93. The third-order valence-electron chi connectivity index (χ3n) is 4.99. The number of likely N-dealkylation sites (tertiary alicyclic amines) is 1. The van der Waals surface area contributed by atoms with Crippen molar-refractivity contribution in [2.45, 2.75) is 18.9 Å². The minimum absolute atomic E-state index is 0.0380. The topological polar surface area (TPSA) is 80.2 Å². The van der Waals surface area contributed by atoms with Gasteiger partial charge < -0.3 is 15.0 Å². The number of hydrogen-bond donors (Lipinski definition) is 1. The monoisotopic (exact) mass is 389 g/mol. The Balaban J connectivity index is 1.40. The highest BCUT2D eigenvalue weighted by atomic mass is 16.5. The summed E-state index contributed by atoms with van der Waals surface area (Å²) in [6, 6.07) is 11.8. The Kier molecular flexibility index (Phi) is 5.65. The maximum Gasteiger partial charge on any atom is 0.257 e. The Hall–Kier alpha value is -3.48. The molecule has 0 radical (unpaired) electrons. The molecule has 0 unspecified atom stereocenters. The molecule has 3 heterocycles. The second-order valence-corrected chi connectivity index (χ2v) is 7.00. The Morgan fingerprint density at radius 3 is 2.62 bits per heavy atom. The molecular weight excluding hydrogens is 366 g/mol. The van der Waals surface area contributed by atoms with Crippen LogP contribution in [-0.4, -0.2) is 52.0 Å². The Labute approximate surface area is 169 Å². The van der Waals surface area contributed by atoms with Gasteiger partial charge in [-0.05, 0) is 49.2 Å². The lowest BCUT2D eigenvalue weighted by Gasteiger charge is -2.33. The molecule has 4 rings (SSSR count). The smallest absolute Gasteiger partial charge is 0.257 e. The zero-order valence-corrected chi connectivity index (χ0v) is 16.3. The average molecular weight is 389 g/mol. The van der Waals surface area contributed by atoms with Crippen LogP contribution in [0.25, 0.3) is 11.4 Å². The van der Waals surface area contributed by atoms with Crippen LogP contribution < -0.4 is 10.1 Å². The van der Waals surface area contributed by atoms with Crippen molar-refractivity contribution >= 4 is 11.6 Å². The third-order valence-corrected chi connectivity index (χ3v) is 4.99. The van der Waals surface area contributed by atoms with E-state index < -0.39 is 0 Å². The molecule has 7 nitrogen and oxygen atoms in total. The number of carbonyl (C=O) groups excluding carboxylic acids is 1. The molecule has 0 spiro atoms. The van der Waals surface area contributed by atoms with Crippen LogP contribution in [0.3, 0.4) is 0 Å². The minimum atomic E-state index is -0.0380. The van der Waals surface area contributed by atoms with Crippen molar-refractivity contribution in [3.8, 4) is 17.1 Å². The molecule has 1 saturated heterocycles. The first kappa shape index (κ1) is 18.9. The number of nitrogens with zero attached hydrogens (tertiary/aromatic N) is 4. The number of nitrogens with one attached hydrogen (secondary N) is 1. The van der Waals surface area contributed by atoms with Gasteiger partial charge in [-0.2, -0.15) is 0 Å². The molecule has 1 amide bonds. The largest absolute Gasteiger partial charge is 0.497 e. The fourth-order valence-corrected chi connectivity index (χ4v) is 3.47. The summed E-state index contributed by atoms with van der Waals surface area (Å²) in [6.07, 6.45) is 8.57. The lowest BCUT2D eigenvalue weighted by Crippen LogP contribution is -2.45. The Morgan fingerprint density at radius 2 is 1.93 bits per heavy atom. The number of hydrogen-bond acceptors (Lipinski definition) is 6. The normalized spacial score (nSPS) is 16.3. The van der Waals surface area contributed by atoms with Crippen LogP contribution in [-0.2, 0) is 0 Å². The second-order valence-electron chi connectivity index (χ2n) is 7.00. The van der Waals surface area contributed by atoms with E-state index in [1.807, 2.05) is 41.3 Å². The fraction of sp³-hybridized carbons (Fsp3) is 0.273. The SMILES string of the molecule is COc1ccc(N[C@H]2CCCN(C(=O)c3cnc(-c4cccnc4)nc3)C2)cc1. The van der Waals surface area contributed by atoms with Crippen LogP contribution in [0.1, 0.15) is 23.2 Å². The fourth-order valence-electron chi connectivity index (χ4n) is 3.47. The van der Waals surface area contributed by atoms with Crippen molar-refractivity contribution in [1.29, 1.82) is 0 Å². The Morgan fingerprint density at radius 1 is 1.14 bits per heavy atom. The number of carbonyl (C=O) groups is 1. The summed E-state index contributed by atoms with van der Waals surface area (Å²) in [7, 11) is 1.65. The quantitative estimate of drug-likeness (QED) is 0.721. The highest BCUT2D eigenvalue weighted by Gasteiger charge is 2.25. The van der Waals surface area contributed by atoms with Crippen LogP contribution in [0.2, 0.25) is 0 Å². The molecule has 1 aliphatic heterocycles. The van der Waals surface area contributed by atoms with Crippen molar-refractivity contribution < 1.29 is 9.53 Å². The van der Waals surface area contributed by atoms with Crippen molar-refractivity contribution in [3.05, 3.63) is 66.7 Å². The number of benzene rings is 1. The van der Waals surface area contributed by atoms with E-state index in [0.29, 0.717) is 17.9 Å². The van der Waals surface area contributed by atoms with Crippen LogP contribution >= 0.6 is 0 Å². The molecule has 0 aliphatic carbocycles. The lowest BCUT2D eigenvalue weighted by atomic mass is 10.0. The van der Waals surface area contributed by atoms with Gasteiger partial charge in [0.15, 0.2) is 5.82 Å². The van der Waals surface area contributed by atoms with Crippen molar-refractivity contribution in [1.82, 2.24) is 19.9 Å². The second kappa shape index (κ2) is 8.68. The van der Waals surface area contributed by atoms with Gasteiger partial charge in [0.05, 0.1) is 12.7 Å². The number of anilines is 1. The van der Waals surface area contributed by atoms with Gasteiger partial charge in [-0.3, -0.25) is 9.78 Å². The van der Waals surface area contributed by atoms with Gasteiger partial charge in [-0.1, -0.05) is 0 Å². The first-order valence-corrected chi connectivity index (χ1v) is 9.65. The van der Waals surface area contributed by atoms with Gasteiger partial charge in [-0.25, -0.2) is 9.97 Å². The zero-order valence-electron chi connectivity index (χ0n) is 16.3. The van der Waals surface area contributed by atoms with Crippen LogP contribution in [0.4, 0.5) is 5.69 Å². The minimum Gasteiger partial charge on any atom is -0.497 e. The number of aromatic nitrogens is 3. The third kappa shape index (κ3) is 4.51. The highest BCUT2D eigenvalue weighted by Crippen LogP contribution is 2.20. The number of amides is 1. The molecule has 0 saturated carbocycles. The molecule has 1 fully saturated rings. The molecular formula is C22H23N5O2. The van der Waals surface area contributed by atoms with E-state index in [4.69, 9.17) is 4.74 Å². The molecule has 148 valence electrons. The van der Waals surface area contributed by atoms with Crippen molar-refractivity contribution in [2.24, 2.45) is 0 Å². The Bertz CT molecular complexity index is 945. The maximum absolute atomic E-state index is 12.9. The molecule has 1 atom stereocenters. The van der Waals surface area contributed by atoms with E-state index in [9.17, 15) is 4.79 Å². The number of methoxy groups -OCH3 is 1. The van der Waals surface area contributed by atoms with Gasteiger partial charge in [0.25, 0.3) is 5.91 Å². The van der Waals surface area contributed by atoms with Gasteiger partial charge >= 0.3 is 0 Å². The van der Waals surface area contributed by atoms with E-state index in [2.05, 4.69) is 20.3 Å². The van der Waals surface area contributed by atoms with Crippen LogP contribution in [0.15, 0.2) is 61.2 Å². The molecule has 1 aromatic carbocycles. The predicted octanol–water partition coefficient (Wildman–Crippen LogP) is 3.26. The molecule has 1 aliphatic rings. The standard InChI is InChI=1S/C22H23N5O2/c1-29-20-8-6-18(7-9-20)26-19-5-3-11-27(15-19)22(28)17-13-24-21(25-14-17)16-4-2-10-23-12-16/h2,4,6-10,12-14,19,26H,3,5,11,15H2,1H3/t19-/m0/s1. The summed E-state index contributed by atoms with van der Waals surface area (Å²) < 4.78 is 5.20. The molecule has 2 aromatic heterocycles. The van der Waals surface area contributed by atoms with Crippen molar-refractivity contribution in [2.75, 3.05) is 25.5 Å². The number of ether oxygens (including phenoxy) is 1. The molecule has 3 aromatic rings. The van der Waals surface area contributed by atoms with Crippen molar-refractivity contribution in [3.63, 3.8) is 0 Å². The summed E-state index contributed by atoms with van der Waals surface area (Å²) in [5.41, 5.74) is 2.35. The van der Waals surface area contributed by atoms with E-state index in [0.717, 1.165) is 36.4 Å². The number of pyridine rings is 1. The van der Waals surface area contributed by atoms with E-state index in [1.54, 1.807) is 31.9 Å². The van der Waals surface area contributed by atoms with Crippen LogP contribution in [0, 0.1) is 0 Å². The van der Waals surface area contributed by atoms with E-state index >= 15 is 0 Å². The predicted molar refractivity (Wildman–Crippen MR) is 111 cm³/mol. The molecule has 7 heteroatoms. The zero-order chi connectivity index (χ0) is 20.1. The van der Waals surface area contributed by atoms with E-state index in [1.165, 1.54) is 0 Å². The summed E-state index contributed by atoms with van der Waals surface area (Å²) in [6.45, 7) is 1.39. The van der Waals surface area contributed by atoms with Gasteiger partial charge in [0.1, 0.15) is 5.75 Å². The number of rotatable bonds is 5. The van der Waals surface area contributed by atoms with Gasteiger partial charge in [0, 0.05) is 55.2 Å². The average Bonchev–Trinajstić information content (AvgIpc) is 2.80. The lowest BCUT2D eigenvalue weighted by molar-refractivity contribution is 0.0714. The van der Waals surface area contributed by atoms with Crippen LogP contribution in [0.5, 0.6) is 5.75 Å². The first-order chi connectivity index (χ1) is 14.2. The van der Waals surface area contributed by atoms with Gasteiger partial charge in [0.2, 0.25) is 0 Å². The maximum atomic E-state index is 12.9. The summed E-state index contributed by atoms with van der Waals surface area (Å²) in [5.74, 6) is 1.35. The molecule has 0 bridgehead atoms. The number of piperidine rings is 1. The molecule has 1 N–H and O–H groups in total. The van der Waals surface area contributed by atoms with Gasteiger partial charge in [-0.15, -0.1) is 0 Å².